The van der Waals surface area contributed by atoms with Crippen LogP contribution in [0.5, 0.6) is 6.01 Å². The fourth-order valence-corrected chi connectivity index (χ4v) is 2.74. The Balaban J connectivity index is 1.35. The Morgan fingerprint density at radius 2 is 1.96 bits per heavy atom. The first-order valence-electron chi connectivity index (χ1n) is 8.03. The van der Waals surface area contributed by atoms with Gasteiger partial charge in [0.1, 0.15) is 6.10 Å². The molecule has 1 amide bonds. The summed E-state index contributed by atoms with van der Waals surface area (Å²) < 4.78 is 16.2. The molecule has 1 fully saturated rings. The predicted octanol–water partition coefficient (Wildman–Crippen LogP) is 2.41. The number of hydrogen-bond donors (Lipinski definition) is 0. The number of carbonyl (C=O) groups excluding carboxylic acids is 1. The van der Waals surface area contributed by atoms with E-state index in [0.717, 1.165) is 0 Å². The summed E-state index contributed by atoms with van der Waals surface area (Å²) >= 11 is 0. The zero-order valence-electron chi connectivity index (χ0n) is 13.4. The Morgan fingerprint density at radius 1 is 1.16 bits per heavy atom. The standard InChI is InChI=1S/C17H16N4O4/c22-16(13-11-15(25-20-13)14-3-1-10-23-14)21-8-4-12(5-9-21)24-17-18-6-2-7-19-17/h1-3,6-7,10-12H,4-5,8-9H2. The maximum atomic E-state index is 12.6. The summed E-state index contributed by atoms with van der Waals surface area (Å²) in [6.45, 7) is 1.17. The highest BCUT2D eigenvalue weighted by atomic mass is 16.5. The number of nitrogens with zero attached hydrogens (tertiary/aromatic N) is 4. The van der Waals surface area contributed by atoms with E-state index in [1.54, 1.807) is 47.8 Å². The van der Waals surface area contributed by atoms with Crippen LogP contribution in [0.25, 0.3) is 11.5 Å². The molecule has 25 heavy (non-hydrogen) atoms. The summed E-state index contributed by atoms with van der Waals surface area (Å²) in [5.41, 5.74) is 0.275. The minimum atomic E-state index is -0.157. The van der Waals surface area contributed by atoms with Crippen molar-refractivity contribution in [3.8, 4) is 17.5 Å². The van der Waals surface area contributed by atoms with Gasteiger partial charge < -0.3 is 18.6 Å². The molecule has 3 aromatic rings. The zero-order valence-corrected chi connectivity index (χ0v) is 13.4. The van der Waals surface area contributed by atoms with Crippen LogP contribution in [0.3, 0.4) is 0 Å². The van der Waals surface area contributed by atoms with E-state index in [2.05, 4.69) is 15.1 Å². The van der Waals surface area contributed by atoms with E-state index in [-0.39, 0.29) is 17.7 Å². The summed E-state index contributed by atoms with van der Waals surface area (Å²) in [5, 5.41) is 3.86. The highest BCUT2D eigenvalue weighted by Crippen LogP contribution is 2.22. The number of hydrogen-bond acceptors (Lipinski definition) is 7. The van der Waals surface area contributed by atoms with Crippen LogP contribution in [0.15, 0.2) is 51.9 Å². The SMILES string of the molecule is O=C(c1cc(-c2ccco2)on1)N1CCC(Oc2ncccn2)CC1. The van der Waals surface area contributed by atoms with Crippen molar-refractivity contribution in [2.24, 2.45) is 0 Å². The minimum Gasteiger partial charge on any atom is -0.461 e. The largest absolute Gasteiger partial charge is 0.461 e. The van der Waals surface area contributed by atoms with Crippen molar-refractivity contribution in [3.05, 3.63) is 48.6 Å². The lowest BCUT2D eigenvalue weighted by Gasteiger charge is -2.31. The van der Waals surface area contributed by atoms with Crippen LogP contribution in [0.4, 0.5) is 0 Å². The fourth-order valence-electron chi connectivity index (χ4n) is 2.74. The van der Waals surface area contributed by atoms with Crippen LogP contribution < -0.4 is 4.74 Å². The Hall–Kier alpha value is -3.16. The summed E-state index contributed by atoms with van der Waals surface area (Å²) in [5.74, 6) is 0.824. The lowest BCUT2D eigenvalue weighted by atomic mass is 10.1. The van der Waals surface area contributed by atoms with Crippen molar-refractivity contribution in [1.82, 2.24) is 20.0 Å². The summed E-state index contributed by atoms with van der Waals surface area (Å²) in [7, 11) is 0. The molecule has 1 aliphatic heterocycles. The third-order valence-electron chi connectivity index (χ3n) is 4.04. The van der Waals surface area contributed by atoms with Crippen LogP contribution in [0, 0.1) is 0 Å². The van der Waals surface area contributed by atoms with Crippen LogP contribution in [0.2, 0.25) is 0 Å². The molecular formula is C17H16N4O4. The van der Waals surface area contributed by atoms with Gasteiger partial charge in [0.25, 0.3) is 5.91 Å². The average Bonchev–Trinajstić information content (AvgIpc) is 3.34. The van der Waals surface area contributed by atoms with E-state index in [9.17, 15) is 4.79 Å². The third-order valence-corrected chi connectivity index (χ3v) is 4.04. The van der Waals surface area contributed by atoms with E-state index in [4.69, 9.17) is 13.7 Å². The zero-order chi connectivity index (χ0) is 17.1. The topological polar surface area (TPSA) is 94.5 Å². The molecule has 0 spiro atoms. The van der Waals surface area contributed by atoms with Crippen molar-refractivity contribution in [3.63, 3.8) is 0 Å². The first kappa shape index (κ1) is 15.4. The molecule has 0 atom stereocenters. The average molecular weight is 340 g/mol. The second kappa shape index (κ2) is 6.76. The Labute approximate surface area is 143 Å². The molecule has 0 radical (unpaired) electrons. The second-order valence-corrected chi connectivity index (χ2v) is 5.69. The number of rotatable bonds is 4. The van der Waals surface area contributed by atoms with E-state index in [1.807, 2.05) is 0 Å². The predicted molar refractivity (Wildman–Crippen MR) is 85.8 cm³/mol. The summed E-state index contributed by atoms with van der Waals surface area (Å²) in [4.78, 5) is 22.4. The van der Waals surface area contributed by atoms with Gasteiger partial charge in [0.15, 0.2) is 11.5 Å². The Kier molecular flexibility index (Phi) is 4.16. The smallest absolute Gasteiger partial charge is 0.316 e. The molecule has 4 rings (SSSR count). The van der Waals surface area contributed by atoms with Crippen molar-refractivity contribution < 1.29 is 18.5 Å². The Morgan fingerprint density at radius 3 is 2.68 bits per heavy atom. The number of ether oxygens (including phenoxy) is 1. The van der Waals surface area contributed by atoms with Crippen LogP contribution in [0.1, 0.15) is 23.3 Å². The quantitative estimate of drug-likeness (QED) is 0.719. The number of likely N-dealkylation sites (tertiary alicyclic amines) is 1. The molecule has 4 heterocycles. The van der Waals surface area contributed by atoms with Gasteiger partial charge in [-0.25, -0.2) is 9.97 Å². The highest BCUT2D eigenvalue weighted by molar-refractivity contribution is 5.93. The molecular weight excluding hydrogens is 324 g/mol. The Bertz CT molecular complexity index is 823. The lowest BCUT2D eigenvalue weighted by Crippen LogP contribution is -2.42. The number of aromatic nitrogens is 3. The molecule has 8 nitrogen and oxygen atoms in total. The second-order valence-electron chi connectivity index (χ2n) is 5.69. The first-order chi connectivity index (χ1) is 12.3. The minimum absolute atomic E-state index is 0.00226. The van der Waals surface area contributed by atoms with Gasteiger partial charge in [0.2, 0.25) is 5.76 Å². The lowest BCUT2D eigenvalue weighted by molar-refractivity contribution is 0.0569. The van der Waals surface area contributed by atoms with Gasteiger partial charge in [-0.2, -0.15) is 0 Å². The van der Waals surface area contributed by atoms with E-state index < -0.39 is 0 Å². The van der Waals surface area contributed by atoms with E-state index in [1.165, 1.54) is 0 Å². The molecule has 128 valence electrons. The normalized spacial score (nSPS) is 15.3. The van der Waals surface area contributed by atoms with Gasteiger partial charge in [0, 0.05) is 44.4 Å². The van der Waals surface area contributed by atoms with E-state index >= 15 is 0 Å². The van der Waals surface area contributed by atoms with Gasteiger partial charge >= 0.3 is 6.01 Å². The summed E-state index contributed by atoms with van der Waals surface area (Å²) in [6.07, 6.45) is 6.26. The summed E-state index contributed by atoms with van der Waals surface area (Å²) in [6, 6.07) is 7.21. The van der Waals surface area contributed by atoms with Crippen LogP contribution >= 0.6 is 0 Å². The molecule has 1 saturated heterocycles. The van der Waals surface area contributed by atoms with E-state index in [0.29, 0.717) is 43.5 Å². The number of amides is 1. The number of furan rings is 1. The van der Waals surface area contributed by atoms with Gasteiger partial charge in [-0.15, -0.1) is 0 Å². The van der Waals surface area contributed by atoms with Gasteiger partial charge in [-0.3, -0.25) is 4.79 Å². The number of piperidine rings is 1. The van der Waals surface area contributed by atoms with Gasteiger partial charge in [-0.1, -0.05) is 5.16 Å². The first-order valence-corrected chi connectivity index (χ1v) is 8.03. The fraction of sp³-hybridized carbons (Fsp3) is 0.294. The molecule has 0 aromatic carbocycles. The molecule has 8 heteroatoms. The van der Waals surface area contributed by atoms with Crippen molar-refractivity contribution in [2.45, 2.75) is 18.9 Å². The maximum absolute atomic E-state index is 12.6. The highest BCUT2D eigenvalue weighted by Gasteiger charge is 2.27. The third kappa shape index (κ3) is 3.37. The van der Waals surface area contributed by atoms with Crippen molar-refractivity contribution in [2.75, 3.05) is 13.1 Å². The van der Waals surface area contributed by atoms with Crippen LogP contribution in [-0.4, -0.2) is 45.1 Å². The van der Waals surface area contributed by atoms with Crippen molar-refractivity contribution >= 4 is 5.91 Å². The number of carbonyl (C=O) groups is 1. The molecule has 0 aliphatic carbocycles. The van der Waals surface area contributed by atoms with Gasteiger partial charge in [-0.05, 0) is 18.2 Å². The van der Waals surface area contributed by atoms with Crippen molar-refractivity contribution in [1.29, 1.82) is 0 Å². The molecule has 0 saturated carbocycles. The molecule has 1 aliphatic rings. The molecule has 0 bridgehead atoms. The maximum Gasteiger partial charge on any atom is 0.316 e. The monoisotopic (exact) mass is 340 g/mol. The van der Waals surface area contributed by atoms with Crippen LogP contribution in [-0.2, 0) is 0 Å². The molecule has 0 N–H and O–H groups in total. The van der Waals surface area contributed by atoms with Gasteiger partial charge in [0.05, 0.1) is 6.26 Å². The molecule has 3 aromatic heterocycles. The molecule has 0 unspecified atom stereocenters.